The molecule has 8 rings (SSSR count). The Bertz CT molecular complexity index is 4000. The zero-order chi connectivity index (χ0) is 72.7. The van der Waals surface area contributed by atoms with Gasteiger partial charge in [0, 0.05) is 118 Å². The number of alkyl carbamates (subject to hydrolysis) is 1. The number of ether oxygens (including phenoxy) is 6. The minimum Gasteiger partial charge on any atom is -0.513 e. The van der Waals surface area contributed by atoms with Crippen molar-refractivity contribution in [3.63, 3.8) is 0 Å². The van der Waals surface area contributed by atoms with Gasteiger partial charge in [-0.25, -0.2) is 24.2 Å². The van der Waals surface area contributed by atoms with Crippen molar-refractivity contribution in [3.8, 4) is 11.5 Å². The number of anilines is 3. The standard InChI is InChI=1S/C71H84ClN11O18/c1-44(2)64(78-69(93)99-36-35-98-34-33-97-32-31-96-30-29-82-60(87)23-24-61(82)88)57(86)37-49(11-7-25-74-68(73)92)66(90)75-51-17-13-47(14-18-51)43-100-70(94)79(5)27-28-80(26-8-10-46(4)84)71(95)101-58-38-56-63(62-45(3)9-6-12-54(58)62)50(39-72)40-83(56)67(91)55-42-81-41-52(19-22-59(81)77-55)76-65(89)48-15-20-53(85)21-16-48/h6,9,12-24,38,41-42,44,49-50,64,84-85H,4,7-8,10-11,25-37,39-40,43H2,1-3,5H3,(H,75,90)(H,76,89)(H,78,93)(H3,73,74,92)/t49-,50-,64+/m1/s1. The van der Waals surface area contributed by atoms with Gasteiger partial charge in [-0.2, -0.15) is 0 Å². The summed E-state index contributed by atoms with van der Waals surface area (Å²) in [6.45, 7) is 10.3. The minimum atomic E-state index is -1.02. The van der Waals surface area contributed by atoms with E-state index in [2.05, 4.69) is 32.8 Å². The lowest BCUT2D eigenvalue weighted by Gasteiger charge is -2.26. The highest BCUT2D eigenvalue weighted by molar-refractivity contribution is 6.19. The summed E-state index contributed by atoms with van der Waals surface area (Å²) in [5.74, 6) is -3.93. The van der Waals surface area contributed by atoms with E-state index in [-0.39, 0.29) is 158 Å². The van der Waals surface area contributed by atoms with Crippen molar-refractivity contribution < 1.29 is 86.6 Å². The highest BCUT2D eigenvalue weighted by atomic mass is 35.5. The van der Waals surface area contributed by atoms with Gasteiger partial charge < -0.3 is 84.7 Å². The highest BCUT2D eigenvalue weighted by Crippen LogP contribution is 2.47. The smallest absolute Gasteiger partial charge is 0.415 e. The summed E-state index contributed by atoms with van der Waals surface area (Å²) < 4.78 is 35.1. The first-order chi connectivity index (χ1) is 48.5. The number of aliphatic hydroxyl groups excluding tert-OH is 1. The number of nitrogens with two attached hydrogens (primary N) is 1. The molecule has 4 aromatic carbocycles. The summed E-state index contributed by atoms with van der Waals surface area (Å²) in [7, 11) is 1.50. The number of fused-ring (bicyclic) bond motifs is 4. The number of aryl methyl sites for hydroxylation is 1. The molecule has 538 valence electrons. The first-order valence-electron chi connectivity index (χ1n) is 32.9. The number of phenolic OH excluding ortho intramolecular Hbond substituents is 1. The Morgan fingerprint density at radius 2 is 1.49 bits per heavy atom. The van der Waals surface area contributed by atoms with Crippen LogP contribution in [0.2, 0.25) is 0 Å². The number of allylic oxidation sites excluding steroid dienone is 1. The van der Waals surface area contributed by atoms with Gasteiger partial charge in [0.2, 0.25) is 5.91 Å². The first-order valence-corrected chi connectivity index (χ1v) is 33.4. The van der Waals surface area contributed by atoms with Crippen LogP contribution in [-0.2, 0) is 49.5 Å². The highest BCUT2D eigenvalue weighted by Gasteiger charge is 2.38. The number of Topliss-reactive ketones (excluding diaryl/α,β-unsaturated/α-hetero) is 1. The summed E-state index contributed by atoms with van der Waals surface area (Å²) in [6.07, 6.45) is 3.87. The van der Waals surface area contributed by atoms with Gasteiger partial charge >= 0.3 is 24.3 Å². The van der Waals surface area contributed by atoms with Crippen LogP contribution in [0.1, 0.15) is 89.4 Å². The third kappa shape index (κ3) is 21.7. The molecular weight excluding hydrogens is 1330 g/mol. The second-order valence-corrected chi connectivity index (χ2v) is 24.7. The van der Waals surface area contributed by atoms with Crippen molar-refractivity contribution in [3.05, 3.63) is 150 Å². The number of halogens is 1. The van der Waals surface area contributed by atoms with E-state index in [1.807, 2.05) is 25.1 Å². The molecule has 3 atom stereocenters. The number of hydrogen-bond donors (Lipinski definition) is 7. The number of carbonyl (C=O) groups excluding carboxylic acids is 10. The number of nitrogens with one attached hydrogen (secondary N) is 4. The van der Waals surface area contributed by atoms with Crippen molar-refractivity contribution in [2.75, 3.05) is 114 Å². The fourth-order valence-corrected chi connectivity index (χ4v) is 11.5. The Kier molecular flexibility index (Phi) is 27.9. The molecule has 101 heavy (non-hydrogen) atoms. The SMILES string of the molecule is C=C(O)CCCN(CCN(C)C(=O)OCc1ccc(NC(=O)[C@H](CCCNC(N)=O)CC(=O)[C@@H](NC(=O)OCCOCCOCCOCCN2C(=O)C=CC2=O)C(C)C)cc1)C(=O)Oc1cc2c(c3c(C)cccc13)[C@H](CCl)CN2C(=O)c1cn2cc(NC(=O)c3ccc(O)cc3)ccc2n1. The number of likely N-dealkylation sites (N-methyl/N-ethyl adjacent to an activating group) is 1. The zero-order valence-electron chi connectivity index (χ0n) is 56.6. The molecule has 0 radical (unpaired) electrons. The van der Waals surface area contributed by atoms with Crippen LogP contribution in [0.5, 0.6) is 11.5 Å². The van der Waals surface area contributed by atoms with Crippen LogP contribution in [0.3, 0.4) is 0 Å². The number of rotatable bonds is 37. The van der Waals surface area contributed by atoms with Gasteiger partial charge in [-0.15, -0.1) is 11.6 Å². The molecule has 2 aromatic heterocycles. The number of aromatic hydroxyl groups is 1. The number of nitrogens with zero attached hydrogens (tertiary/aromatic N) is 6. The second-order valence-electron chi connectivity index (χ2n) is 24.4. The molecule has 10 amide bonds. The number of urea groups is 1. The number of pyridine rings is 1. The Labute approximate surface area is 587 Å². The summed E-state index contributed by atoms with van der Waals surface area (Å²) in [6, 6.07) is 21.0. The molecule has 0 saturated carbocycles. The average Bonchev–Trinajstić information content (AvgIpc) is 1.61. The normalized spacial score (nSPS) is 13.8. The maximum atomic E-state index is 14.6. The largest absolute Gasteiger partial charge is 0.513 e. The molecule has 0 aliphatic carbocycles. The van der Waals surface area contributed by atoms with Crippen LogP contribution < -0.4 is 36.6 Å². The zero-order valence-corrected chi connectivity index (χ0v) is 57.4. The number of alkyl halides is 1. The van der Waals surface area contributed by atoms with E-state index in [1.165, 1.54) is 53.3 Å². The number of carbonyl (C=O) groups is 10. The summed E-state index contributed by atoms with van der Waals surface area (Å²) in [4.78, 5) is 141. The lowest BCUT2D eigenvalue weighted by molar-refractivity contribution is -0.137. The van der Waals surface area contributed by atoms with E-state index in [0.717, 1.165) is 21.4 Å². The number of imidazole rings is 1. The monoisotopic (exact) mass is 1410 g/mol. The fourth-order valence-electron chi connectivity index (χ4n) is 11.3. The predicted molar refractivity (Wildman–Crippen MR) is 373 cm³/mol. The fraction of sp³-hybridized carbons (Fsp3) is 0.394. The maximum Gasteiger partial charge on any atom is 0.415 e. The first kappa shape index (κ1) is 76.1. The molecule has 0 spiro atoms. The second kappa shape index (κ2) is 37.0. The molecule has 4 heterocycles. The third-order valence-corrected chi connectivity index (χ3v) is 17.0. The van der Waals surface area contributed by atoms with Crippen LogP contribution >= 0.6 is 11.6 Å². The van der Waals surface area contributed by atoms with E-state index in [1.54, 1.807) is 78.0 Å². The summed E-state index contributed by atoms with van der Waals surface area (Å²) >= 11 is 6.66. The van der Waals surface area contributed by atoms with Crippen molar-refractivity contribution >= 4 is 105 Å². The number of aliphatic hydroxyl groups is 1. The third-order valence-electron chi connectivity index (χ3n) is 16.6. The molecule has 2 aliphatic rings. The molecular formula is C71H84ClN11O18. The Morgan fingerprint density at radius 1 is 0.802 bits per heavy atom. The number of primary amides is 1. The summed E-state index contributed by atoms with van der Waals surface area (Å²) in [5, 5.41) is 31.7. The van der Waals surface area contributed by atoms with Gasteiger partial charge in [0.1, 0.15) is 36.1 Å². The van der Waals surface area contributed by atoms with E-state index < -0.39 is 65.7 Å². The minimum absolute atomic E-state index is 0.0151. The Morgan fingerprint density at radius 3 is 2.16 bits per heavy atom. The van der Waals surface area contributed by atoms with E-state index >= 15 is 0 Å². The van der Waals surface area contributed by atoms with Gasteiger partial charge in [0.25, 0.3) is 23.6 Å². The quantitative estimate of drug-likeness (QED) is 0.00833. The van der Waals surface area contributed by atoms with Gasteiger partial charge in [0.05, 0.1) is 69.4 Å². The van der Waals surface area contributed by atoms with E-state index in [9.17, 15) is 58.2 Å². The van der Waals surface area contributed by atoms with E-state index in [4.69, 9.17) is 45.8 Å². The number of hydrogen-bond acceptors (Lipinski definition) is 19. The summed E-state index contributed by atoms with van der Waals surface area (Å²) in [5.41, 5.74) is 9.57. The van der Waals surface area contributed by atoms with Crippen LogP contribution in [0.25, 0.3) is 16.4 Å². The van der Waals surface area contributed by atoms with Crippen molar-refractivity contribution in [2.24, 2.45) is 17.6 Å². The maximum absolute atomic E-state index is 14.6. The lowest BCUT2D eigenvalue weighted by Crippen LogP contribution is -2.46. The molecule has 2 aliphatic heterocycles. The molecule has 0 bridgehead atoms. The van der Waals surface area contributed by atoms with Gasteiger partial charge in [-0.1, -0.05) is 50.8 Å². The van der Waals surface area contributed by atoms with Gasteiger partial charge in [-0.3, -0.25) is 33.7 Å². The average molecular weight is 1410 g/mol. The molecule has 8 N–H and O–H groups in total. The van der Waals surface area contributed by atoms with Crippen LogP contribution in [-0.4, -0.2) is 198 Å². The Balaban J connectivity index is 0.827. The van der Waals surface area contributed by atoms with Gasteiger partial charge in [0.15, 0.2) is 5.78 Å². The van der Waals surface area contributed by atoms with Crippen molar-refractivity contribution in [1.82, 2.24) is 34.7 Å². The number of phenols is 1. The van der Waals surface area contributed by atoms with E-state index in [0.29, 0.717) is 52.1 Å². The predicted octanol–water partition coefficient (Wildman–Crippen LogP) is 8.35. The topological polar surface area (TPSA) is 371 Å². The van der Waals surface area contributed by atoms with Gasteiger partial charge in [-0.05, 0) is 103 Å². The molecule has 30 heteroatoms. The van der Waals surface area contributed by atoms with Crippen LogP contribution in [0.15, 0.2) is 122 Å². The van der Waals surface area contributed by atoms with Crippen molar-refractivity contribution in [2.45, 2.75) is 71.4 Å². The Hall–Kier alpha value is -10.6. The number of amides is 10. The number of benzene rings is 4. The van der Waals surface area contributed by atoms with Crippen LogP contribution in [0, 0.1) is 18.8 Å². The molecule has 29 nitrogen and oxygen atoms in total. The molecule has 0 fully saturated rings. The number of aromatic nitrogens is 2. The lowest BCUT2D eigenvalue weighted by atomic mass is 9.89. The molecule has 0 unspecified atom stereocenters. The molecule has 0 saturated heterocycles. The van der Waals surface area contributed by atoms with Crippen LogP contribution in [0.4, 0.5) is 36.2 Å². The van der Waals surface area contributed by atoms with Crippen molar-refractivity contribution in [1.29, 1.82) is 0 Å². The number of imide groups is 1. The number of ketones is 1. The molecule has 6 aromatic rings.